The molecule has 1 aromatic heterocycles. The Morgan fingerprint density at radius 2 is 1.90 bits per heavy atom. The second kappa shape index (κ2) is 5.60. The first-order valence-corrected chi connectivity index (χ1v) is 6.97. The number of carbonyl (C=O) groups excluding carboxylic acids is 2. The van der Waals surface area contributed by atoms with Crippen molar-refractivity contribution in [3.8, 4) is 0 Å². The van der Waals surface area contributed by atoms with Gasteiger partial charge in [-0.1, -0.05) is 6.07 Å². The average molecular weight is 287 g/mol. The van der Waals surface area contributed by atoms with Crippen LogP contribution in [0.5, 0.6) is 0 Å². The minimum atomic E-state index is -0.592. The molecule has 0 saturated carbocycles. The van der Waals surface area contributed by atoms with E-state index in [4.69, 9.17) is 0 Å². The molecule has 0 aliphatic rings. The molecule has 0 radical (unpaired) electrons. The van der Waals surface area contributed by atoms with Crippen LogP contribution in [0.25, 0.3) is 10.9 Å². The molecule has 0 fully saturated rings. The van der Waals surface area contributed by atoms with E-state index in [1.54, 1.807) is 19.2 Å². The highest BCUT2D eigenvalue weighted by atomic mass is 16.2. The van der Waals surface area contributed by atoms with Gasteiger partial charge < -0.3 is 15.6 Å². The van der Waals surface area contributed by atoms with E-state index < -0.39 is 6.04 Å². The zero-order valence-electron chi connectivity index (χ0n) is 12.8. The molecule has 0 bridgehead atoms. The number of aromatic nitrogens is 1. The predicted molar refractivity (Wildman–Crippen MR) is 83.1 cm³/mol. The lowest BCUT2D eigenvalue weighted by atomic mass is 10.1. The molecule has 5 nitrogen and oxygen atoms in total. The fourth-order valence-electron chi connectivity index (χ4n) is 2.10. The van der Waals surface area contributed by atoms with Crippen molar-refractivity contribution in [1.82, 2.24) is 15.6 Å². The zero-order valence-corrected chi connectivity index (χ0v) is 12.8. The van der Waals surface area contributed by atoms with E-state index in [1.807, 2.05) is 39.0 Å². The Morgan fingerprint density at radius 1 is 1.19 bits per heavy atom. The lowest BCUT2D eigenvalue weighted by Crippen LogP contribution is -2.50. The number of rotatable bonds is 3. The summed E-state index contributed by atoms with van der Waals surface area (Å²) in [7, 11) is 0. The van der Waals surface area contributed by atoms with Crippen LogP contribution in [0, 0.1) is 0 Å². The standard InChI is InChI=1S/C16H21N3O2/c1-10(14(20)19-16(2,3)4)18-15(21)12-6-5-7-13-11(12)8-9-17-13/h5-10,17H,1-4H3,(H,18,21)(H,19,20). The number of aromatic amines is 1. The second-order valence-electron chi connectivity index (χ2n) is 6.18. The number of carbonyl (C=O) groups is 2. The van der Waals surface area contributed by atoms with Crippen LogP contribution in [0.2, 0.25) is 0 Å². The zero-order chi connectivity index (χ0) is 15.6. The number of nitrogens with one attached hydrogen (secondary N) is 3. The van der Waals surface area contributed by atoms with Gasteiger partial charge in [-0.25, -0.2) is 0 Å². The van der Waals surface area contributed by atoms with Crippen molar-refractivity contribution < 1.29 is 9.59 Å². The maximum absolute atomic E-state index is 12.3. The average Bonchev–Trinajstić information content (AvgIpc) is 2.84. The minimum Gasteiger partial charge on any atom is -0.361 e. The van der Waals surface area contributed by atoms with Gasteiger partial charge in [0.2, 0.25) is 5.91 Å². The number of hydrogen-bond donors (Lipinski definition) is 3. The van der Waals surface area contributed by atoms with Crippen molar-refractivity contribution in [2.24, 2.45) is 0 Å². The molecule has 2 amide bonds. The minimum absolute atomic E-state index is 0.197. The van der Waals surface area contributed by atoms with E-state index in [1.165, 1.54) is 0 Å². The molecule has 2 rings (SSSR count). The van der Waals surface area contributed by atoms with Crippen LogP contribution in [-0.4, -0.2) is 28.4 Å². The molecular formula is C16H21N3O2. The van der Waals surface area contributed by atoms with Crippen molar-refractivity contribution in [1.29, 1.82) is 0 Å². The summed E-state index contributed by atoms with van der Waals surface area (Å²) in [4.78, 5) is 27.4. The van der Waals surface area contributed by atoms with Gasteiger partial charge in [0.1, 0.15) is 6.04 Å². The van der Waals surface area contributed by atoms with Crippen LogP contribution >= 0.6 is 0 Å². The third-order valence-electron chi connectivity index (χ3n) is 3.08. The Balaban J connectivity index is 2.11. The van der Waals surface area contributed by atoms with Gasteiger partial charge in [-0.3, -0.25) is 9.59 Å². The second-order valence-corrected chi connectivity index (χ2v) is 6.18. The van der Waals surface area contributed by atoms with Crippen molar-refractivity contribution in [2.45, 2.75) is 39.3 Å². The van der Waals surface area contributed by atoms with E-state index in [0.29, 0.717) is 5.56 Å². The van der Waals surface area contributed by atoms with Gasteiger partial charge in [0.25, 0.3) is 5.91 Å². The van der Waals surface area contributed by atoms with Gasteiger partial charge in [0.05, 0.1) is 0 Å². The Kier molecular flexibility index (Phi) is 4.02. The molecule has 2 aromatic rings. The van der Waals surface area contributed by atoms with E-state index in [-0.39, 0.29) is 17.4 Å². The molecule has 1 heterocycles. The summed E-state index contributed by atoms with van der Waals surface area (Å²) < 4.78 is 0. The summed E-state index contributed by atoms with van der Waals surface area (Å²) in [6.45, 7) is 7.39. The third-order valence-corrected chi connectivity index (χ3v) is 3.08. The van der Waals surface area contributed by atoms with Gasteiger partial charge in [0.15, 0.2) is 0 Å². The lowest BCUT2D eigenvalue weighted by molar-refractivity contribution is -0.124. The molecule has 1 aromatic carbocycles. The maximum Gasteiger partial charge on any atom is 0.252 e. The summed E-state index contributed by atoms with van der Waals surface area (Å²) >= 11 is 0. The van der Waals surface area contributed by atoms with Gasteiger partial charge in [0, 0.05) is 28.2 Å². The number of amides is 2. The van der Waals surface area contributed by atoms with Crippen LogP contribution in [0.1, 0.15) is 38.1 Å². The molecule has 0 aliphatic carbocycles. The molecule has 1 atom stereocenters. The van der Waals surface area contributed by atoms with E-state index in [9.17, 15) is 9.59 Å². The fourth-order valence-corrected chi connectivity index (χ4v) is 2.10. The van der Waals surface area contributed by atoms with E-state index >= 15 is 0 Å². The van der Waals surface area contributed by atoms with Crippen LogP contribution in [0.4, 0.5) is 0 Å². The lowest BCUT2D eigenvalue weighted by Gasteiger charge is -2.23. The maximum atomic E-state index is 12.3. The monoisotopic (exact) mass is 287 g/mol. The number of hydrogen-bond acceptors (Lipinski definition) is 2. The fraction of sp³-hybridized carbons (Fsp3) is 0.375. The summed E-state index contributed by atoms with van der Waals surface area (Å²) in [5.41, 5.74) is 1.13. The summed E-state index contributed by atoms with van der Waals surface area (Å²) in [6, 6.07) is 6.73. The summed E-state index contributed by atoms with van der Waals surface area (Å²) in [5.74, 6) is -0.450. The van der Waals surface area contributed by atoms with Gasteiger partial charge in [-0.15, -0.1) is 0 Å². The number of fused-ring (bicyclic) bond motifs is 1. The smallest absolute Gasteiger partial charge is 0.252 e. The Bertz CT molecular complexity index is 667. The van der Waals surface area contributed by atoms with Crippen LogP contribution in [0.15, 0.2) is 30.5 Å². The Labute approximate surface area is 124 Å². The summed E-state index contributed by atoms with van der Waals surface area (Å²) in [6.07, 6.45) is 1.79. The largest absolute Gasteiger partial charge is 0.361 e. The van der Waals surface area contributed by atoms with Gasteiger partial charge >= 0.3 is 0 Å². The van der Waals surface area contributed by atoms with Gasteiger partial charge in [-0.2, -0.15) is 0 Å². The van der Waals surface area contributed by atoms with Crippen molar-refractivity contribution in [2.75, 3.05) is 0 Å². The first-order valence-electron chi connectivity index (χ1n) is 6.97. The van der Waals surface area contributed by atoms with E-state index in [2.05, 4.69) is 15.6 Å². The quantitative estimate of drug-likeness (QED) is 0.809. The number of benzene rings is 1. The van der Waals surface area contributed by atoms with Crippen LogP contribution in [0.3, 0.4) is 0 Å². The molecule has 1 unspecified atom stereocenters. The first kappa shape index (κ1) is 15.1. The molecule has 0 spiro atoms. The van der Waals surface area contributed by atoms with Crippen molar-refractivity contribution >= 4 is 22.7 Å². The molecule has 0 aliphatic heterocycles. The predicted octanol–water partition coefficient (Wildman–Crippen LogP) is 2.20. The molecule has 0 saturated heterocycles. The third kappa shape index (κ3) is 3.62. The molecular weight excluding hydrogens is 266 g/mol. The Morgan fingerprint density at radius 3 is 2.57 bits per heavy atom. The van der Waals surface area contributed by atoms with Crippen LogP contribution < -0.4 is 10.6 Å². The van der Waals surface area contributed by atoms with Crippen LogP contribution in [-0.2, 0) is 4.79 Å². The number of H-pyrrole nitrogens is 1. The van der Waals surface area contributed by atoms with E-state index in [0.717, 1.165) is 10.9 Å². The first-order chi connectivity index (χ1) is 9.78. The normalized spacial score (nSPS) is 13.0. The highest BCUT2D eigenvalue weighted by Crippen LogP contribution is 2.17. The molecule has 5 heteroatoms. The topological polar surface area (TPSA) is 74.0 Å². The molecule has 21 heavy (non-hydrogen) atoms. The SMILES string of the molecule is CC(NC(=O)c1cccc2[nH]ccc12)C(=O)NC(C)(C)C. The van der Waals surface area contributed by atoms with Crippen molar-refractivity contribution in [3.05, 3.63) is 36.0 Å². The Hall–Kier alpha value is -2.30. The van der Waals surface area contributed by atoms with Crippen molar-refractivity contribution in [3.63, 3.8) is 0 Å². The molecule has 3 N–H and O–H groups in total. The molecule has 112 valence electrons. The highest BCUT2D eigenvalue weighted by Gasteiger charge is 2.21. The highest BCUT2D eigenvalue weighted by molar-refractivity contribution is 6.07. The van der Waals surface area contributed by atoms with Gasteiger partial charge in [-0.05, 0) is 45.9 Å². The summed E-state index contributed by atoms with van der Waals surface area (Å²) in [5, 5.41) is 6.43.